The van der Waals surface area contributed by atoms with Gasteiger partial charge in [-0.25, -0.2) is 13.6 Å². The number of alkyl halides is 2. The monoisotopic (exact) mass is 422 g/mol. The molecule has 1 N–H and O–H groups in total. The zero-order valence-electron chi connectivity index (χ0n) is 17.8. The SMILES string of the molecule is CC(C)(C)OC(=O)N1CCC(c2ccc([C@@]3(C)CCC(=O)NC3=O)cc2)C(F)(F)C1. The average Bonchev–Trinajstić information content (AvgIpc) is 2.63. The van der Waals surface area contributed by atoms with Crippen LogP contribution in [0.4, 0.5) is 13.6 Å². The molecular weight excluding hydrogens is 394 g/mol. The van der Waals surface area contributed by atoms with E-state index in [9.17, 15) is 23.2 Å². The van der Waals surface area contributed by atoms with Crippen LogP contribution in [0.15, 0.2) is 24.3 Å². The number of nitrogens with one attached hydrogen (secondary N) is 1. The number of carbonyl (C=O) groups excluding carboxylic acids is 3. The predicted octanol–water partition coefficient (Wildman–Crippen LogP) is 3.74. The first-order valence-electron chi connectivity index (χ1n) is 10.1. The number of benzene rings is 1. The van der Waals surface area contributed by atoms with Gasteiger partial charge in [0.05, 0.1) is 17.9 Å². The van der Waals surface area contributed by atoms with Gasteiger partial charge in [0.15, 0.2) is 0 Å². The zero-order chi connectivity index (χ0) is 22.3. The highest BCUT2D eigenvalue weighted by molar-refractivity contribution is 6.03. The van der Waals surface area contributed by atoms with Crippen LogP contribution in [-0.4, -0.2) is 47.4 Å². The minimum Gasteiger partial charge on any atom is -0.444 e. The summed E-state index contributed by atoms with van der Waals surface area (Å²) in [5.74, 6) is -4.80. The first kappa shape index (κ1) is 22.2. The van der Waals surface area contributed by atoms with Crippen molar-refractivity contribution in [2.24, 2.45) is 0 Å². The summed E-state index contributed by atoms with van der Waals surface area (Å²) in [6, 6.07) is 6.60. The highest BCUT2D eigenvalue weighted by Gasteiger charge is 2.47. The first-order chi connectivity index (χ1) is 13.8. The van der Waals surface area contributed by atoms with Crippen LogP contribution < -0.4 is 5.32 Å². The molecule has 1 aromatic carbocycles. The van der Waals surface area contributed by atoms with Gasteiger partial charge in [-0.15, -0.1) is 0 Å². The number of amides is 3. The minimum atomic E-state index is -3.10. The minimum absolute atomic E-state index is 0.109. The average molecular weight is 422 g/mol. The summed E-state index contributed by atoms with van der Waals surface area (Å²) in [7, 11) is 0. The molecule has 2 atom stereocenters. The van der Waals surface area contributed by atoms with Crippen molar-refractivity contribution in [2.75, 3.05) is 13.1 Å². The smallest absolute Gasteiger partial charge is 0.410 e. The Morgan fingerprint density at radius 3 is 2.37 bits per heavy atom. The second-order valence-corrected chi connectivity index (χ2v) is 9.34. The van der Waals surface area contributed by atoms with Gasteiger partial charge in [0.2, 0.25) is 11.8 Å². The van der Waals surface area contributed by atoms with Crippen LogP contribution in [0.5, 0.6) is 0 Å². The summed E-state index contributed by atoms with van der Waals surface area (Å²) >= 11 is 0. The van der Waals surface area contributed by atoms with E-state index in [-0.39, 0.29) is 31.2 Å². The van der Waals surface area contributed by atoms with E-state index in [4.69, 9.17) is 4.74 Å². The van der Waals surface area contributed by atoms with Gasteiger partial charge in [0.25, 0.3) is 5.92 Å². The fourth-order valence-corrected chi connectivity index (χ4v) is 4.00. The third kappa shape index (κ3) is 4.47. The second kappa shape index (κ2) is 7.63. The lowest BCUT2D eigenvalue weighted by atomic mass is 9.75. The van der Waals surface area contributed by atoms with E-state index in [1.165, 1.54) is 0 Å². The molecule has 8 heteroatoms. The topological polar surface area (TPSA) is 75.7 Å². The van der Waals surface area contributed by atoms with Crippen molar-refractivity contribution in [3.63, 3.8) is 0 Å². The van der Waals surface area contributed by atoms with E-state index < -0.39 is 35.5 Å². The maximum atomic E-state index is 14.9. The number of rotatable bonds is 2. The molecule has 0 saturated carbocycles. The molecule has 0 aliphatic carbocycles. The van der Waals surface area contributed by atoms with Crippen LogP contribution >= 0.6 is 0 Å². The molecule has 2 aliphatic rings. The highest BCUT2D eigenvalue weighted by Crippen LogP contribution is 2.41. The number of hydrogen-bond acceptors (Lipinski definition) is 4. The van der Waals surface area contributed by atoms with Gasteiger partial charge < -0.3 is 9.64 Å². The predicted molar refractivity (Wildman–Crippen MR) is 106 cm³/mol. The molecule has 2 fully saturated rings. The van der Waals surface area contributed by atoms with Gasteiger partial charge in [0, 0.05) is 13.0 Å². The third-order valence-corrected chi connectivity index (χ3v) is 5.81. The number of piperidine rings is 2. The Labute approximate surface area is 174 Å². The van der Waals surface area contributed by atoms with Gasteiger partial charge in [-0.2, -0.15) is 0 Å². The van der Waals surface area contributed by atoms with E-state index in [1.54, 1.807) is 52.0 Å². The summed E-state index contributed by atoms with van der Waals surface area (Å²) in [4.78, 5) is 37.0. The molecule has 0 spiro atoms. The molecule has 164 valence electrons. The Bertz CT molecular complexity index is 848. The number of likely N-dealkylation sites (tertiary alicyclic amines) is 1. The van der Waals surface area contributed by atoms with Crippen molar-refractivity contribution in [3.05, 3.63) is 35.4 Å². The van der Waals surface area contributed by atoms with Crippen molar-refractivity contribution < 1.29 is 27.9 Å². The van der Waals surface area contributed by atoms with Crippen LogP contribution in [0.3, 0.4) is 0 Å². The molecule has 3 amide bonds. The number of halogens is 2. The molecule has 3 rings (SSSR count). The Morgan fingerprint density at radius 2 is 1.83 bits per heavy atom. The third-order valence-electron chi connectivity index (χ3n) is 5.81. The van der Waals surface area contributed by atoms with E-state index in [2.05, 4.69) is 5.32 Å². The molecule has 0 bridgehead atoms. The van der Waals surface area contributed by atoms with Gasteiger partial charge in [-0.05, 0) is 51.7 Å². The number of imide groups is 1. The van der Waals surface area contributed by atoms with Crippen molar-refractivity contribution in [1.29, 1.82) is 0 Å². The molecule has 0 radical (unpaired) electrons. The normalized spacial score (nSPS) is 26.9. The maximum Gasteiger partial charge on any atom is 0.410 e. The summed E-state index contributed by atoms with van der Waals surface area (Å²) in [6.07, 6.45) is -0.00782. The van der Waals surface area contributed by atoms with Gasteiger partial charge >= 0.3 is 6.09 Å². The van der Waals surface area contributed by atoms with Crippen LogP contribution in [0.2, 0.25) is 0 Å². The molecule has 1 unspecified atom stereocenters. The Hall–Kier alpha value is -2.51. The molecule has 2 aliphatic heterocycles. The lowest BCUT2D eigenvalue weighted by Gasteiger charge is -2.39. The quantitative estimate of drug-likeness (QED) is 0.737. The second-order valence-electron chi connectivity index (χ2n) is 9.34. The van der Waals surface area contributed by atoms with Gasteiger partial charge in [-0.1, -0.05) is 24.3 Å². The number of ether oxygens (including phenoxy) is 1. The lowest BCUT2D eigenvalue weighted by Crippen LogP contribution is -2.51. The lowest BCUT2D eigenvalue weighted by molar-refractivity contribution is -0.137. The summed E-state index contributed by atoms with van der Waals surface area (Å²) in [5, 5.41) is 2.34. The molecule has 1 aromatic rings. The fraction of sp³-hybridized carbons (Fsp3) is 0.591. The highest BCUT2D eigenvalue weighted by atomic mass is 19.3. The van der Waals surface area contributed by atoms with Crippen LogP contribution in [0, 0.1) is 0 Å². The molecule has 2 heterocycles. The van der Waals surface area contributed by atoms with Crippen LogP contribution in [-0.2, 0) is 19.7 Å². The Kier molecular flexibility index (Phi) is 5.64. The molecule has 30 heavy (non-hydrogen) atoms. The zero-order valence-corrected chi connectivity index (χ0v) is 17.8. The van der Waals surface area contributed by atoms with E-state index >= 15 is 0 Å². The fourth-order valence-electron chi connectivity index (χ4n) is 4.00. The van der Waals surface area contributed by atoms with Crippen molar-refractivity contribution in [3.8, 4) is 0 Å². The molecular formula is C22H28F2N2O4. The van der Waals surface area contributed by atoms with Crippen LogP contribution in [0.25, 0.3) is 0 Å². The summed E-state index contributed by atoms with van der Waals surface area (Å²) < 4.78 is 35.0. The number of nitrogens with zero attached hydrogens (tertiary/aromatic N) is 1. The Balaban J connectivity index is 1.73. The van der Waals surface area contributed by atoms with E-state index in [0.717, 1.165) is 4.90 Å². The maximum absolute atomic E-state index is 14.9. The number of hydrogen-bond donors (Lipinski definition) is 1. The molecule has 6 nitrogen and oxygen atoms in total. The van der Waals surface area contributed by atoms with Crippen molar-refractivity contribution in [1.82, 2.24) is 10.2 Å². The van der Waals surface area contributed by atoms with Gasteiger partial charge in [-0.3, -0.25) is 14.9 Å². The van der Waals surface area contributed by atoms with Crippen LogP contribution in [0.1, 0.15) is 64.0 Å². The molecule has 0 aromatic heterocycles. The van der Waals surface area contributed by atoms with Gasteiger partial charge in [0.1, 0.15) is 5.60 Å². The Morgan fingerprint density at radius 1 is 1.20 bits per heavy atom. The summed E-state index contributed by atoms with van der Waals surface area (Å²) in [5.41, 5.74) is -0.463. The first-order valence-corrected chi connectivity index (χ1v) is 10.1. The van der Waals surface area contributed by atoms with E-state index in [0.29, 0.717) is 17.5 Å². The largest absolute Gasteiger partial charge is 0.444 e. The molecule has 2 saturated heterocycles. The standard InChI is InChI=1S/C22H28F2N2O4/c1-20(2,3)30-19(29)26-12-10-16(22(23,24)13-26)14-5-7-15(8-6-14)21(4)11-9-17(27)25-18(21)28/h5-8,16H,9-13H2,1-4H3,(H,25,27,28)/t16?,21-/m1/s1. The van der Waals surface area contributed by atoms with Crippen molar-refractivity contribution >= 4 is 17.9 Å². The van der Waals surface area contributed by atoms with E-state index in [1.807, 2.05) is 0 Å². The number of carbonyl (C=O) groups is 3. The van der Waals surface area contributed by atoms with Crippen molar-refractivity contribution in [2.45, 2.75) is 69.8 Å². The summed E-state index contributed by atoms with van der Waals surface area (Å²) in [6.45, 7) is 6.31.